The van der Waals surface area contributed by atoms with Crippen LogP contribution in [0.1, 0.15) is 19.3 Å². The van der Waals surface area contributed by atoms with Crippen molar-refractivity contribution in [2.45, 2.75) is 19.3 Å². The first-order valence-electron chi connectivity index (χ1n) is 5.99. The Kier molecular flexibility index (Phi) is 6.74. The largest absolute Gasteiger partial charge is 0.484 e. The summed E-state index contributed by atoms with van der Waals surface area (Å²) >= 11 is 5.54. The molecule has 0 spiro atoms. The van der Waals surface area contributed by atoms with E-state index in [4.69, 9.17) is 22.1 Å². The van der Waals surface area contributed by atoms with E-state index in [-0.39, 0.29) is 12.5 Å². The molecule has 0 aliphatic heterocycles. The maximum Gasteiger partial charge on any atom is 0.255 e. The second-order valence-electron chi connectivity index (χ2n) is 3.98. The first kappa shape index (κ1) is 15.3. The molecule has 0 aliphatic carbocycles. The van der Waals surface area contributed by atoms with Crippen LogP contribution in [0.4, 0.5) is 5.69 Å². The molecule has 0 saturated carbocycles. The monoisotopic (exact) mass is 284 g/mol. The minimum atomic E-state index is -0.546. The van der Waals surface area contributed by atoms with Gasteiger partial charge in [0.05, 0.1) is 0 Å². The summed E-state index contributed by atoms with van der Waals surface area (Å²) in [7, 11) is 0. The van der Waals surface area contributed by atoms with Crippen LogP contribution in [0.3, 0.4) is 0 Å². The molecule has 19 heavy (non-hydrogen) atoms. The van der Waals surface area contributed by atoms with Crippen LogP contribution in [-0.2, 0) is 9.59 Å². The fraction of sp³-hybridized carbons (Fsp3) is 0.385. The second-order valence-corrected chi connectivity index (χ2v) is 4.36. The summed E-state index contributed by atoms with van der Waals surface area (Å²) in [6.45, 7) is -0.187. The topological polar surface area (TPSA) is 81.4 Å². The molecule has 0 aromatic heterocycles. The number of rotatable bonds is 8. The van der Waals surface area contributed by atoms with E-state index in [1.165, 1.54) is 0 Å². The minimum absolute atomic E-state index is 0.0721. The standard InChI is InChI=1S/C13H17ClN2O3/c14-7-2-1-6-13(18)16-10-4-3-5-11(8-10)19-9-12(15)17/h3-5,8H,1-2,6-7,9H2,(H2,15,17)(H,16,18). The quantitative estimate of drug-likeness (QED) is 0.565. The third kappa shape index (κ3) is 6.67. The van der Waals surface area contributed by atoms with Crippen molar-refractivity contribution in [1.29, 1.82) is 0 Å². The zero-order valence-electron chi connectivity index (χ0n) is 10.5. The molecule has 0 atom stereocenters. The highest BCUT2D eigenvalue weighted by atomic mass is 35.5. The number of halogens is 1. The summed E-state index contributed by atoms with van der Waals surface area (Å²) in [4.78, 5) is 22.2. The summed E-state index contributed by atoms with van der Waals surface area (Å²) in [5.74, 6) is 0.425. The van der Waals surface area contributed by atoms with Gasteiger partial charge in [-0.3, -0.25) is 9.59 Å². The third-order valence-electron chi connectivity index (χ3n) is 2.29. The number of anilines is 1. The molecular formula is C13H17ClN2O3. The highest BCUT2D eigenvalue weighted by Crippen LogP contribution is 2.17. The van der Waals surface area contributed by atoms with E-state index < -0.39 is 5.91 Å². The number of hydrogen-bond acceptors (Lipinski definition) is 3. The Morgan fingerprint density at radius 1 is 1.32 bits per heavy atom. The number of carbonyl (C=O) groups excluding carboxylic acids is 2. The van der Waals surface area contributed by atoms with E-state index in [1.807, 2.05) is 0 Å². The first-order chi connectivity index (χ1) is 9.11. The van der Waals surface area contributed by atoms with Crippen molar-refractivity contribution in [2.24, 2.45) is 5.73 Å². The van der Waals surface area contributed by atoms with Crippen molar-refractivity contribution >= 4 is 29.1 Å². The number of benzene rings is 1. The van der Waals surface area contributed by atoms with Gasteiger partial charge in [-0.15, -0.1) is 11.6 Å². The summed E-state index contributed by atoms with van der Waals surface area (Å²) in [6.07, 6.45) is 2.00. The minimum Gasteiger partial charge on any atom is -0.484 e. The van der Waals surface area contributed by atoms with Crippen LogP contribution in [0.5, 0.6) is 5.75 Å². The third-order valence-corrected chi connectivity index (χ3v) is 2.55. The fourth-order valence-electron chi connectivity index (χ4n) is 1.42. The number of alkyl halides is 1. The van der Waals surface area contributed by atoms with E-state index in [2.05, 4.69) is 5.32 Å². The van der Waals surface area contributed by atoms with Gasteiger partial charge in [-0.1, -0.05) is 6.07 Å². The van der Waals surface area contributed by atoms with Crippen LogP contribution in [0.25, 0.3) is 0 Å². The number of primary amides is 1. The van der Waals surface area contributed by atoms with Crippen molar-refractivity contribution in [2.75, 3.05) is 17.8 Å². The predicted molar refractivity (Wildman–Crippen MR) is 74.3 cm³/mol. The predicted octanol–water partition coefficient (Wildman–Crippen LogP) is 1.90. The number of hydrogen-bond donors (Lipinski definition) is 2. The zero-order valence-corrected chi connectivity index (χ0v) is 11.3. The van der Waals surface area contributed by atoms with Crippen LogP contribution in [0.15, 0.2) is 24.3 Å². The Morgan fingerprint density at radius 3 is 2.79 bits per heavy atom. The second kappa shape index (κ2) is 8.37. The molecule has 0 fully saturated rings. The molecule has 1 aromatic carbocycles. The molecule has 2 amide bonds. The SMILES string of the molecule is NC(=O)COc1cccc(NC(=O)CCCCCl)c1. The van der Waals surface area contributed by atoms with Crippen LogP contribution in [0.2, 0.25) is 0 Å². The molecular weight excluding hydrogens is 268 g/mol. The van der Waals surface area contributed by atoms with Gasteiger partial charge in [0.25, 0.3) is 5.91 Å². The average Bonchev–Trinajstić information content (AvgIpc) is 2.37. The Labute approximate surface area is 117 Å². The number of amides is 2. The summed E-state index contributed by atoms with van der Waals surface area (Å²) in [5.41, 5.74) is 5.61. The molecule has 0 unspecified atom stereocenters. The zero-order chi connectivity index (χ0) is 14.1. The number of carbonyl (C=O) groups is 2. The van der Waals surface area contributed by atoms with E-state index in [1.54, 1.807) is 24.3 Å². The van der Waals surface area contributed by atoms with Gasteiger partial charge in [0.1, 0.15) is 5.75 Å². The normalized spacial score (nSPS) is 9.95. The van der Waals surface area contributed by atoms with Crippen LogP contribution in [-0.4, -0.2) is 24.3 Å². The molecule has 3 N–H and O–H groups in total. The van der Waals surface area contributed by atoms with Gasteiger partial charge < -0.3 is 15.8 Å². The Balaban J connectivity index is 2.47. The molecule has 0 heterocycles. The van der Waals surface area contributed by atoms with Crippen LogP contribution < -0.4 is 15.8 Å². The van der Waals surface area contributed by atoms with Crippen molar-refractivity contribution < 1.29 is 14.3 Å². The van der Waals surface area contributed by atoms with E-state index in [9.17, 15) is 9.59 Å². The first-order valence-corrected chi connectivity index (χ1v) is 6.52. The molecule has 5 nitrogen and oxygen atoms in total. The van der Waals surface area contributed by atoms with Crippen molar-refractivity contribution in [3.8, 4) is 5.75 Å². The van der Waals surface area contributed by atoms with Crippen molar-refractivity contribution in [1.82, 2.24) is 0 Å². The van der Waals surface area contributed by atoms with Crippen molar-refractivity contribution in [3.63, 3.8) is 0 Å². The summed E-state index contributed by atoms with van der Waals surface area (Å²) in [6, 6.07) is 6.80. The van der Waals surface area contributed by atoms with Gasteiger partial charge in [0.2, 0.25) is 5.91 Å². The number of nitrogens with one attached hydrogen (secondary N) is 1. The smallest absolute Gasteiger partial charge is 0.255 e. The molecule has 0 aliphatic rings. The number of nitrogens with two attached hydrogens (primary N) is 1. The highest BCUT2D eigenvalue weighted by molar-refractivity contribution is 6.17. The highest BCUT2D eigenvalue weighted by Gasteiger charge is 2.04. The van der Waals surface area contributed by atoms with E-state index in [0.717, 1.165) is 12.8 Å². The van der Waals surface area contributed by atoms with Gasteiger partial charge in [-0.2, -0.15) is 0 Å². The molecule has 0 saturated heterocycles. The maximum atomic E-state index is 11.6. The van der Waals surface area contributed by atoms with E-state index >= 15 is 0 Å². The van der Waals surface area contributed by atoms with Gasteiger partial charge in [-0.05, 0) is 25.0 Å². The van der Waals surface area contributed by atoms with Gasteiger partial charge >= 0.3 is 0 Å². The number of ether oxygens (including phenoxy) is 1. The molecule has 104 valence electrons. The van der Waals surface area contributed by atoms with Crippen molar-refractivity contribution in [3.05, 3.63) is 24.3 Å². The molecule has 6 heteroatoms. The molecule has 0 radical (unpaired) electrons. The lowest BCUT2D eigenvalue weighted by molar-refractivity contribution is -0.120. The van der Waals surface area contributed by atoms with Gasteiger partial charge in [0, 0.05) is 24.1 Å². The van der Waals surface area contributed by atoms with Gasteiger partial charge in [-0.25, -0.2) is 0 Å². The lowest BCUT2D eigenvalue weighted by Crippen LogP contribution is -2.20. The Morgan fingerprint density at radius 2 is 2.11 bits per heavy atom. The number of unbranched alkanes of at least 4 members (excludes halogenated alkanes) is 1. The Hall–Kier alpha value is -1.75. The molecule has 1 aromatic rings. The molecule has 1 rings (SSSR count). The van der Waals surface area contributed by atoms with Gasteiger partial charge in [0.15, 0.2) is 6.61 Å². The molecule has 0 bridgehead atoms. The van der Waals surface area contributed by atoms with E-state index in [0.29, 0.717) is 23.7 Å². The summed E-state index contributed by atoms with van der Waals surface area (Å²) < 4.78 is 5.14. The Bertz CT molecular complexity index is 438. The lowest BCUT2D eigenvalue weighted by atomic mass is 10.2. The summed E-state index contributed by atoms with van der Waals surface area (Å²) in [5, 5.41) is 2.75. The average molecular weight is 285 g/mol. The van der Waals surface area contributed by atoms with Crippen LogP contribution in [0, 0.1) is 0 Å². The maximum absolute atomic E-state index is 11.6. The fourth-order valence-corrected chi connectivity index (χ4v) is 1.61. The lowest BCUT2D eigenvalue weighted by Gasteiger charge is -2.08. The van der Waals surface area contributed by atoms with Crippen LogP contribution >= 0.6 is 11.6 Å².